The summed E-state index contributed by atoms with van der Waals surface area (Å²) >= 11 is 0. The van der Waals surface area contributed by atoms with E-state index in [1.807, 2.05) is 12.1 Å². The highest BCUT2D eigenvalue weighted by Gasteiger charge is 2.43. The third-order valence-corrected chi connectivity index (χ3v) is 5.75. The van der Waals surface area contributed by atoms with Crippen LogP contribution in [0, 0.1) is 11.3 Å². The van der Waals surface area contributed by atoms with Crippen molar-refractivity contribution in [1.29, 1.82) is 5.26 Å². The number of nitrogens with one attached hydrogen (secondary N) is 1. The first-order chi connectivity index (χ1) is 15.8. The van der Waals surface area contributed by atoms with Crippen LogP contribution >= 0.6 is 0 Å². The first-order valence-electron chi connectivity index (χ1n) is 10.6. The molecule has 33 heavy (non-hydrogen) atoms. The molecule has 0 spiro atoms. The second-order valence-corrected chi connectivity index (χ2v) is 8.10. The molecule has 4 nitrogen and oxygen atoms in total. The molecule has 168 valence electrons. The van der Waals surface area contributed by atoms with E-state index in [9.17, 15) is 18.0 Å². The molecule has 7 heteroatoms. The number of hydrogen-bond donors (Lipinski definition) is 1. The van der Waals surface area contributed by atoms with Gasteiger partial charge in [0.15, 0.2) is 0 Å². The van der Waals surface area contributed by atoms with Gasteiger partial charge in [0.25, 0.3) is 0 Å². The molecular weight excluding hydrogens is 427 g/mol. The van der Waals surface area contributed by atoms with E-state index in [2.05, 4.69) is 11.4 Å². The normalized spacial score (nSPS) is 17.3. The first-order valence-corrected chi connectivity index (χ1v) is 10.6. The molecule has 1 aliphatic rings. The summed E-state index contributed by atoms with van der Waals surface area (Å²) in [4.78, 5) is 12.9. The molecule has 0 radical (unpaired) electrons. The summed E-state index contributed by atoms with van der Waals surface area (Å²) in [6.07, 6.45) is -4.02. The van der Waals surface area contributed by atoms with Gasteiger partial charge in [-0.3, -0.25) is 4.79 Å². The third-order valence-electron chi connectivity index (χ3n) is 5.75. The number of halogens is 3. The van der Waals surface area contributed by atoms with Crippen LogP contribution in [0.4, 0.5) is 18.9 Å². The fourth-order valence-corrected chi connectivity index (χ4v) is 3.84. The Hall–Kier alpha value is -3.63. The van der Waals surface area contributed by atoms with Crippen molar-refractivity contribution in [2.24, 2.45) is 0 Å². The van der Waals surface area contributed by atoms with Gasteiger partial charge in [0.2, 0.25) is 0 Å². The summed E-state index contributed by atoms with van der Waals surface area (Å²) in [5.74, 6) is -1.61. The summed E-state index contributed by atoms with van der Waals surface area (Å²) in [5, 5.41) is 12.3. The summed E-state index contributed by atoms with van der Waals surface area (Å²) < 4.78 is 39.6. The Labute approximate surface area is 190 Å². The largest absolute Gasteiger partial charge is 0.471 e. The molecule has 3 aromatic rings. The second kappa shape index (κ2) is 9.47. The van der Waals surface area contributed by atoms with Crippen molar-refractivity contribution in [3.63, 3.8) is 0 Å². The molecule has 2 atom stereocenters. The van der Waals surface area contributed by atoms with Gasteiger partial charge in [0, 0.05) is 24.2 Å². The van der Waals surface area contributed by atoms with E-state index >= 15 is 0 Å². The SMILES string of the molecule is N#Cc1ccc(CNC2CC2c2ccc(N(Cc3ccccc3)C(=O)C(F)(F)F)cc2)cc1. The zero-order chi connectivity index (χ0) is 23.4. The van der Waals surface area contributed by atoms with Gasteiger partial charge in [0.05, 0.1) is 18.2 Å². The van der Waals surface area contributed by atoms with Gasteiger partial charge in [-0.05, 0) is 47.4 Å². The van der Waals surface area contributed by atoms with Crippen molar-refractivity contribution in [3.05, 3.63) is 101 Å². The standard InChI is InChI=1S/C26H22F3N3O/c27-26(28,29)25(33)32(17-20-4-2-1-3-5-20)22-12-10-21(11-13-22)23-14-24(23)31-16-19-8-6-18(15-30)7-9-19/h1-13,23-24,31H,14,16-17H2. The fourth-order valence-electron chi connectivity index (χ4n) is 3.84. The lowest BCUT2D eigenvalue weighted by atomic mass is 10.1. The van der Waals surface area contributed by atoms with E-state index in [0.717, 1.165) is 22.4 Å². The smallest absolute Gasteiger partial charge is 0.309 e. The molecule has 1 aliphatic carbocycles. The molecule has 1 saturated carbocycles. The van der Waals surface area contributed by atoms with Gasteiger partial charge >= 0.3 is 12.1 Å². The van der Waals surface area contributed by atoms with Crippen molar-refractivity contribution < 1.29 is 18.0 Å². The molecule has 1 fully saturated rings. The average Bonchev–Trinajstić information content (AvgIpc) is 3.61. The summed E-state index contributed by atoms with van der Waals surface area (Å²) in [6.45, 7) is 0.520. The quantitative estimate of drug-likeness (QED) is 0.533. The van der Waals surface area contributed by atoms with E-state index in [1.165, 1.54) is 0 Å². The Bertz CT molecular complexity index is 1140. The lowest BCUT2D eigenvalue weighted by Gasteiger charge is -2.24. The van der Waals surface area contributed by atoms with E-state index in [4.69, 9.17) is 5.26 Å². The Morgan fingerprint density at radius 1 is 0.970 bits per heavy atom. The van der Waals surface area contributed by atoms with Crippen molar-refractivity contribution >= 4 is 11.6 Å². The Morgan fingerprint density at radius 3 is 2.24 bits per heavy atom. The molecular formula is C26H22F3N3O. The van der Waals surface area contributed by atoms with Crippen LogP contribution in [-0.2, 0) is 17.9 Å². The zero-order valence-corrected chi connectivity index (χ0v) is 17.7. The predicted octanol–water partition coefficient (Wildman–Crippen LogP) is 5.30. The van der Waals surface area contributed by atoms with E-state index in [0.29, 0.717) is 17.7 Å². The van der Waals surface area contributed by atoms with Crippen molar-refractivity contribution in [2.45, 2.75) is 37.6 Å². The second-order valence-electron chi connectivity index (χ2n) is 8.10. The topological polar surface area (TPSA) is 56.1 Å². The number of anilines is 1. The summed E-state index contributed by atoms with van der Waals surface area (Å²) in [5.41, 5.74) is 3.56. The molecule has 0 bridgehead atoms. The highest BCUT2D eigenvalue weighted by molar-refractivity contribution is 5.97. The van der Waals surface area contributed by atoms with Gasteiger partial charge in [0.1, 0.15) is 0 Å². The number of alkyl halides is 3. The maximum absolute atomic E-state index is 13.2. The minimum Gasteiger partial charge on any atom is -0.309 e. The van der Waals surface area contributed by atoms with E-state index in [1.54, 1.807) is 66.7 Å². The van der Waals surface area contributed by atoms with Crippen molar-refractivity contribution in [3.8, 4) is 6.07 Å². The van der Waals surface area contributed by atoms with Crippen LogP contribution in [0.15, 0.2) is 78.9 Å². The van der Waals surface area contributed by atoms with Crippen LogP contribution < -0.4 is 10.2 Å². The van der Waals surface area contributed by atoms with Crippen LogP contribution in [0.1, 0.15) is 34.6 Å². The maximum Gasteiger partial charge on any atom is 0.471 e. The summed E-state index contributed by atoms with van der Waals surface area (Å²) in [7, 11) is 0. The van der Waals surface area contributed by atoms with Crippen LogP contribution in [-0.4, -0.2) is 18.1 Å². The lowest BCUT2D eigenvalue weighted by molar-refractivity contribution is -0.170. The minimum atomic E-state index is -4.95. The Morgan fingerprint density at radius 2 is 1.64 bits per heavy atom. The number of amides is 1. The molecule has 4 rings (SSSR count). The van der Waals surface area contributed by atoms with E-state index < -0.39 is 12.1 Å². The van der Waals surface area contributed by atoms with Gasteiger partial charge in [-0.1, -0.05) is 54.6 Å². The van der Waals surface area contributed by atoms with Crippen molar-refractivity contribution in [1.82, 2.24) is 5.32 Å². The molecule has 2 unspecified atom stereocenters. The summed E-state index contributed by atoms with van der Waals surface area (Å²) in [6, 6.07) is 25.1. The molecule has 1 amide bonds. The third kappa shape index (κ3) is 5.60. The maximum atomic E-state index is 13.2. The number of nitriles is 1. The molecule has 1 N–H and O–H groups in total. The molecule has 0 saturated heterocycles. The van der Waals surface area contributed by atoms with E-state index in [-0.39, 0.29) is 24.2 Å². The molecule has 0 heterocycles. The first kappa shape index (κ1) is 22.6. The van der Waals surface area contributed by atoms with Crippen LogP contribution in [0.2, 0.25) is 0 Å². The van der Waals surface area contributed by atoms with Crippen LogP contribution in [0.3, 0.4) is 0 Å². The zero-order valence-electron chi connectivity index (χ0n) is 17.7. The van der Waals surface area contributed by atoms with Gasteiger partial charge in [-0.2, -0.15) is 18.4 Å². The number of benzene rings is 3. The molecule has 3 aromatic carbocycles. The number of carbonyl (C=O) groups is 1. The molecule has 0 aliphatic heterocycles. The molecule has 0 aromatic heterocycles. The average molecular weight is 449 g/mol. The monoisotopic (exact) mass is 449 g/mol. The van der Waals surface area contributed by atoms with Crippen LogP contribution in [0.5, 0.6) is 0 Å². The minimum absolute atomic E-state index is 0.156. The van der Waals surface area contributed by atoms with Gasteiger partial charge in [-0.25, -0.2) is 0 Å². The number of nitrogens with zero attached hydrogens (tertiary/aromatic N) is 2. The Balaban J connectivity index is 1.41. The Kier molecular flexibility index (Phi) is 6.47. The number of rotatable bonds is 7. The fraction of sp³-hybridized carbons (Fsp3) is 0.231. The lowest BCUT2D eigenvalue weighted by Crippen LogP contribution is -2.40. The number of hydrogen-bond acceptors (Lipinski definition) is 3. The van der Waals surface area contributed by atoms with Crippen molar-refractivity contribution in [2.75, 3.05) is 4.90 Å². The van der Waals surface area contributed by atoms with Gasteiger partial charge < -0.3 is 10.2 Å². The highest BCUT2D eigenvalue weighted by Crippen LogP contribution is 2.41. The highest BCUT2D eigenvalue weighted by atomic mass is 19.4. The van der Waals surface area contributed by atoms with Crippen LogP contribution in [0.25, 0.3) is 0 Å². The predicted molar refractivity (Wildman–Crippen MR) is 119 cm³/mol. The van der Waals surface area contributed by atoms with Gasteiger partial charge in [-0.15, -0.1) is 0 Å². The number of carbonyl (C=O) groups excluding carboxylic acids is 1.